The van der Waals surface area contributed by atoms with Gasteiger partial charge in [0.2, 0.25) is 5.95 Å². The molecule has 2 aromatic rings. The lowest BCUT2D eigenvalue weighted by Gasteiger charge is -1.99. The van der Waals surface area contributed by atoms with Gasteiger partial charge in [-0.2, -0.15) is 10.1 Å². The largest absolute Gasteiger partial charge is 0.294 e. The summed E-state index contributed by atoms with van der Waals surface area (Å²) in [6, 6.07) is 10.0. The summed E-state index contributed by atoms with van der Waals surface area (Å²) in [5.74, 6) is 0.661. The van der Waals surface area contributed by atoms with Gasteiger partial charge in [0.15, 0.2) is 0 Å². The number of anilines is 1. The molecule has 0 bridgehead atoms. The summed E-state index contributed by atoms with van der Waals surface area (Å²) < 4.78 is 3.03. The van der Waals surface area contributed by atoms with Crippen LogP contribution in [0.15, 0.2) is 41.6 Å². The van der Waals surface area contributed by atoms with Crippen molar-refractivity contribution in [2.24, 2.45) is 0 Å². The monoisotopic (exact) mass is 192 g/mol. The fourth-order valence-electron chi connectivity index (χ4n) is 0.850. The maximum Gasteiger partial charge on any atom is 0.228 e. The Kier molecular flexibility index (Phi) is 2.47. The lowest BCUT2D eigenvalue weighted by Crippen LogP contribution is -1.88. The van der Waals surface area contributed by atoms with Gasteiger partial charge in [0.05, 0.1) is 0 Å². The number of aromatic nitrogens is 3. The zero-order valence-electron chi connectivity index (χ0n) is 6.77. The van der Waals surface area contributed by atoms with Gasteiger partial charge < -0.3 is 0 Å². The van der Waals surface area contributed by atoms with Gasteiger partial charge in [-0.25, -0.2) is 5.10 Å². The second-order valence-corrected chi connectivity index (χ2v) is 3.23. The standard InChI is InChI=1S/C8H8N4S/c1-2-4-7(5-3-1)13-12-8-9-6-10-11-8/h1-6H,(H2,9,10,11,12). The molecule has 2 N–H and O–H groups in total. The van der Waals surface area contributed by atoms with Crippen LogP contribution in [0.2, 0.25) is 0 Å². The molecule has 0 saturated carbocycles. The predicted molar refractivity (Wildman–Crippen MR) is 52.3 cm³/mol. The van der Waals surface area contributed by atoms with Crippen LogP contribution in [-0.2, 0) is 0 Å². The molecule has 0 aliphatic rings. The highest BCUT2D eigenvalue weighted by molar-refractivity contribution is 8.00. The number of H-pyrrole nitrogens is 1. The van der Waals surface area contributed by atoms with E-state index in [0.29, 0.717) is 5.95 Å². The van der Waals surface area contributed by atoms with Gasteiger partial charge in [0, 0.05) is 4.90 Å². The number of rotatable bonds is 3. The maximum absolute atomic E-state index is 3.93. The minimum absolute atomic E-state index is 0.661. The lowest BCUT2D eigenvalue weighted by atomic mass is 10.4. The average molecular weight is 192 g/mol. The molecule has 66 valence electrons. The van der Waals surface area contributed by atoms with Crippen LogP contribution in [0.5, 0.6) is 0 Å². The Morgan fingerprint density at radius 1 is 1.23 bits per heavy atom. The minimum atomic E-state index is 0.661. The molecule has 4 nitrogen and oxygen atoms in total. The highest BCUT2D eigenvalue weighted by atomic mass is 32.2. The SMILES string of the molecule is c1ccc(SNc2ncn[nH]2)cc1. The second-order valence-electron chi connectivity index (χ2n) is 2.35. The van der Waals surface area contributed by atoms with Crippen molar-refractivity contribution >= 4 is 17.9 Å². The van der Waals surface area contributed by atoms with Crippen LogP contribution >= 0.6 is 11.9 Å². The van der Waals surface area contributed by atoms with E-state index in [0.717, 1.165) is 4.90 Å². The molecule has 0 aliphatic heterocycles. The first-order valence-corrected chi connectivity index (χ1v) is 4.60. The van der Waals surface area contributed by atoms with Crippen LogP contribution in [0.25, 0.3) is 0 Å². The van der Waals surface area contributed by atoms with Crippen molar-refractivity contribution in [3.8, 4) is 0 Å². The molecular weight excluding hydrogens is 184 g/mol. The summed E-state index contributed by atoms with van der Waals surface area (Å²) in [5.41, 5.74) is 0. The van der Waals surface area contributed by atoms with Crippen LogP contribution in [0.3, 0.4) is 0 Å². The van der Waals surface area contributed by atoms with Gasteiger partial charge in [-0.05, 0) is 24.1 Å². The molecule has 0 amide bonds. The molecule has 0 radical (unpaired) electrons. The van der Waals surface area contributed by atoms with Crippen molar-refractivity contribution in [3.63, 3.8) is 0 Å². The Labute approximate surface area is 79.9 Å². The van der Waals surface area contributed by atoms with E-state index in [4.69, 9.17) is 0 Å². The number of hydrogen-bond acceptors (Lipinski definition) is 4. The molecular formula is C8H8N4S. The molecule has 0 fully saturated rings. The second kappa shape index (κ2) is 3.95. The Morgan fingerprint density at radius 2 is 2.08 bits per heavy atom. The van der Waals surface area contributed by atoms with Crippen molar-refractivity contribution in [1.82, 2.24) is 15.2 Å². The van der Waals surface area contributed by atoms with Crippen LogP contribution in [0.4, 0.5) is 5.95 Å². The number of nitrogens with zero attached hydrogens (tertiary/aromatic N) is 2. The van der Waals surface area contributed by atoms with Crippen LogP contribution in [0.1, 0.15) is 0 Å². The fraction of sp³-hybridized carbons (Fsp3) is 0. The smallest absolute Gasteiger partial charge is 0.228 e. The van der Waals surface area contributed by atoms with Crippen molar-refractivity contribution in [1.29, 1.82) is 0 Å². The maximum atomic E-state index is 3.93. The summed E-state index contributed by atoms with van der Waals surface area (Å²) in [5, 5.41) is 6.44. The highest BCUT2D eigenvalue weighted by Crippen LogP contribution is 2.16. The van der Waals surface area contributed by atoms with E-state index < -0.39 is 0 Å². The van der Waals surface area contributed by atoms with E-state index in [1.807, 2.05) is 30.3 Å². The fourth-order valence-corrected chi connectivity index (χ4v) is 1.46. The molecule has 13 heavy (non-hydrogen) atoms. The van der Waals surface area contributed by atoms with Gasteiger partial charge in [0.1, 0.15) is 6.33 Å². The summed E-state index contributed by atoms with van der Waals surface area (Å²) in [6.45, 7) is 0. The first-order chi connectivity index (χ1) is 6.45. The van der Waals surface area contributed by atoms with E-state index in [2.05, 4.69) is 19.9 Å². The number of nitrogens with one attached hydrogen (secondary N) is 2. The number of benzene rings is 1. The lowest BCUT2D eigenvalue weighted by molar-refractivity contribution is 1.10. The van der Waals surface area contributed by atoms with Crippen LogP contribution in [-0.4, -0.2) is 15.2 Å². The third-order valence-corrected chi connectivity index (χ3v) is 2.23. The summed E-state index contributed by atoms with van der Waals surface area (Å²) in [6.07, 6.45) is 1.47. The predicted octanol–water partition coefficient (Wildman–Crippen LogP) is 1.92. The molecule has 0 saturated heterocycles. The molecule has 0 unspecified atom stereocenters. The third-order valence-electron chi connectivity index (χ3n) is 1.42. The van der Waals surface area contributed by atoms with Gasteiger partial charge in [0.25, 0.3) is 0 Å². The summed E-state index contributed by atoms with van der Waals surface area (Å²) in [7, 11) is 0. The summed E-state index contributed by atoms with van der Waals surface area (Å²) >= 11 is 1.49. The molecule has 1 aromatic carbocycles. The van der Waals surface area contributed by atoms with Gasteiger partial charge in [-0.15, -0.1) is 0 Å². The minimum Gasteiger partial charge on any atom is -0.294 e. The third kappa shape index (κ3) is 2.22. The Hall–Kier alpha value is -1.49. The zero-order valence-corrected chi connectivity index (χ0v) is 7.58. The normalized spacial score (nSPS) is 9.85. The highest BCUT2D eigenvalue weighted by Gasteiger charge is 1.94. The quantitative estimate of drug-likeness (QED) is 0.729. The summed E-state index contributed by atoms with van der Waals surface area (Å²) in [4.78, 5) is 5.07. The van der Waals surface area contributed by atoms with Crippen LogP contribution in [0, 0.1) is 0 Å². The topological polar surface area (TPSA) is 53.6 Å². The molecule has 1 heterocycles. The molecule has 5 heteroatoms. The molecule has 1 aromatic heterocycles. The number of hydrogen-bond donors (Lipinski definition) is 2. The first kappa shape index (κ1) is 8.12. The van der Waals surface area contributed by atoms with E-state index in [1.54, 1.807) is 0 Å². The van der Waals surface area contributed by atoms with Crippen molar-refractivity contribution in [2.75, 3.05) is 4.72 Å². The molecule has 2 rings (SSSR count). The van der Waals surface area contributed by atoms with E-state index in [1.165, 1.54) is 18.3 Å². The van der Waals surface area contributed by atoms with E-state index >= 15 is 0 Å². The number of aromatic amines is 1. The van der Waals surface area contributed by atoms with Crippen molar-refractivity contribution < 1.29 is 0 Å². The Balaban J connectivity index is 1.94. The van der Waals surface area contributed by atoms with E-state index in [9.17, 15) is 0 Å². The Morgan fingerprint density at radius 3 is 2.77 bits per heavy atom. The Bertz CT molecular complexity index is 346. The molecule has 0 atom stereocenters. The van der Waals surface area contributed by atoms with E-state index in [-0.39, 0.29) is 0 Å². The van der Waals surface area contributed by atoms with Crippen molar-refractivity contribution in [2.45, 2.75) is 4.90 Å². The van der Waals surface area contributed by atoms with Crippen molar-refractivity contribution in [3.05, 3.63) is 36.7 Å². The van der Waals surface area contributed by atoms with Gasteiger partial charge in [-0.1, -0.05) is 18.2 Å². The van der Waals surface area contributed by atoms with Gasteiger partial charge in [-0.3, -0.25) is 4.72 Å². The average Bonchev–Trinajstić information content (AvgIpc) is 2.69. The molecule has 0 aliphatic carbocycles. The zero-order chi connectivity index (χ0) is 8.93. The van der Waals surface area contributed by atoms with Crippen LogP contribution < -0.4 is 4.72 Å². The molecule has 0 spiro atoms. The first-order valence-electron chi connectivity index (χ1n) is 3.78. The van der Waals surface area contributed by atoms with Gasteiger partial charge >= 0.3 is 0 Å².